The van der Waals surface area contributed by atoms with Crippen molar-refractivity contribution in [1.82, 2.24) is 14.3 Å². The molecule has 158 valence electrons. The third kappa shape index (κ3) is 5.16. The van der Waals surface area contributed by atoms with Crippen LogP contribution in [0, 0.1) is 6.92 Å². The van der Waals surface area contributed by atoms with E-state index in [2.05, 4.69) is 14.9 Å². The summed E-state index contributed by atoms with van der Waals surface area (Å²) in [6, 6.07) is 8.37. The van der Waals surface area contributed by atoms with Crippen molar-refractivity contribution >= 4 is 15.8 Å². The number of nitrogens with zero attached hydrogens (tertiary/aromatic N) is 4. The number of aryl methyl sites for hydroxylation is 1. The van der Waals surface area contributed by atoms with Crippen molar-refractivity contribution < 1.29 is 17.9 Å². The molecule has 2 aromatic rings. The summed E-state index contributed by atoms with van der Waals surface area (Å²) in [7, 11) is -3.54. The molecule has 0 radical (unpaired) electrons. The Hall–Kier alpha value is -2.39. The summed E-state index contributed by atoms with van der Waals surface area (Å²) in [5.74, 6) is 2.58. The van der Waals surface area contributed by atoms with E-state index in [0.29, 0.717) is 50.2 Å². The number of ether oxygens (including phenoxy) is 2. The highest BCUT2D eigenvalue weighted by molar-refractivity contribution is 7.89. The molecule has 0 saturated carbocycles. The van der Waals surface area contributed by atoms with E-state index in [1.807, 2.05) is 33.8 Å². The first-order valence-corrected chi connectivity index (χ1v) is 11.2. The fraction of sp³-hybridized carbons (Fsp3) is 0.500. The first-order valence-electron chi connectivity index (χ1n) is 9.80. The van der Waals surface area contributed by atoms with Gasteiger partial charge >= 0.3 is 0 Å². The van der Waals surface area contributed by atoms with Crippen LogP contribution in [0.2, 0.25) is 0 Å². The average Bonchev–Trinajstić information content (AvgIpc) is 2.68. The molecule has 1 fully saturated rings. The second kappa shape index (κ2) is 8.96. The van der Waals surface area contributed by atoms with Crippen molar-refractivity contribution in [2.75, 3.05) is 37.7 Å². The van der Waals surface area contributed by atoms with E-state index in [1.54, 1.807) is 24.3 Å². The van der Waals surface area contributed by atoms with Crippen LogP contribution in [-0.2, 0) is 10.0 Å². The molecule has 0 bridgehead atoms. The first-order chi connectivity index (χ1) is 13.8. The van der Waals surface area contributed by atoms with Crippen molar-refractivity contribution in [3.8, 4) is 11.6 Å². The molecule has 0 atom stereocenters. The Morgan fingerprint density at radius 1 is 1.07 bits per heavy atom. The summed E-state index contributed by atoms with van der Waals surface area (Å²) in [5, 5.41) is 0. The molecule has 0 spiro atoms. The van der Waals surface area contributed by atoms with Crippen LogP contribution in [0.3, 0.4) is 0 Å². The van der Waals surface area contributed by atoms with Gasteiger partial charge in [0.2, 0.25) is 15.9 Å². The number of aromatic nitrogens is 2. The van der Waals surface area contributed by atoms with E-state index in [4.69, 9.17) is 9.47 Å². The van der Waals surface area contributed by atoms with E-state index < -0.39 is 10.0 Å². The van der Waals surface area contributed by atoms with Crippen LogP contribution in [0.25, 0.3) is 0 Å². The van der Waals surface area contributed by atoms with Crippen molar-refractivity contribution in [1.29, 1.82) is 0 Å². The molecule has 2 heterocycles. The highest BCUT2D eigenvalue weighted by Gasteiger charge is 2.29. The highest BCUT2D eigenvalue weighted by Crippen LogP contribution is 2.24. The average molecular weight is 421 g/mol. The van der Waals surface area contributed by atoms with Crippen LogP contribution in [0.4, 0.5) is 5.82 Å². The van der Waals surface area contributed by atoms with Gasteiger partial charge in [-0.15, -0.1) is 0 Å². The highest BCUT2D eigenvalue weighted by atomic mass is 32.2. The predicted octanol–water partition coefficient (Wildman–Crippen LogP) is 2.48. The van der Waals surface area contributed by atoms with E-state index in [-0.39, 0.29) is 11.0 Å². The second-order valence-corrected chi connectivity index (χ2v) is 9.01. The Morgan fingerprint density at radius 3 is 2.31 bits per heavy atom. The summed E-state index contributed by atoms with van der Waals surface area (Å²) in [6.07, 6.45) is 0.0215. The fourth-order valence-corrected chi connectivity index (χ4v) is 4.59. The Bertz CT molecular complexity index is 924. The van der Waals surface area contributed by atoms with Crippen molar-refractivity contribution in [3.63, 3.8) is 0 Å². The maximum Gasteiger partial charge on any atom is 0.243 e. The molecule has 0 amide bonds. The third-order valence-electron chi connectivity index (χ3n) is 4.49. The zero-order valence-electron chi connectivity index (χ0n) is 17.3. The lowest BCUT2D eigenvalue weighted by atomic mass is 10.3. The molecular formula is C20H28N4O4S. The Kier molecular flexibility index (Phi) is 6.59. The smallest absolute Gasteiger partial charge is 0.243 e. The molecule has 1 aliphatic rings. The molecular weight excluding hydrogens is 392 g/mol. The molecule has 0 unspecified atom stereocenters. The van der Waals surface area contributed by atoms with Gasteiger partial charge < -0.3 is 14.4 Å². The minimum absolute atomic E-state index is 0.0215. The van der Waals surface area contributed by atoms with Gasteiger partial charge in [-0.3, -0.25) is 0 Å². The summed E-state index contributed by atoms with van der Waals surface area (Å²) >= 11 is 0. The van der Waals surface area contributed by atoms with Crippen LogP contribution in [0.15, 0.2) is 35.2 Å². The van der Waals surface area contributed by atoms with Crippen LogP contribution < -0.4 is 14.4 Å². The van der Waals surface area contributed by atoms with Crippen LogP contribution in [0.5, 0.6) is 11.6 Å². The van der Waals surface area contributed by atoms with Gasteiger partial charge in [-0.25, -0.2) is 13.4 Å². The molecule has 0 aliphatic carbocycles. The number of sulfonamides is 1. The molecule has 1 saturated heterocycles. The summed E-state index contributed by atoms with van der Waals surface area (Å²) < 4.78 is 38.5. The number of benzene rings is 1. The topological polar surface area (TPSA) is 84.9 Å². The lowest BCUT2D eigenvalue weighted by Crippen LogP contribution is -2.49. The van der Waals surface area contributed by atoms with Crippen LogP contribution >= 0.6 is 0 Å². The SMILES string of the molecule is CCOc1ccc(S(=O)(=O)N2CCN(c3cc(OC(C)C)nc(C)n3)CC2)cc1. The van der Waals surface area contributed by atoms with Crippen molar-refractivity contribution in [2.24, 2.45) is 0 Å². The Morgan fingerprint density at radius 2 is 1.72 bits per heavy atom. The van der Waals surface area contributed by atoms with Gasteiger partial charge in [0.05, 0.1) is 17.6 Å². The largest absolute Gasteiger partial charge is 0.494 e. The molecule has 3 rings (SSSR count). The van der Waals surface area contributed by atoms with E-state index in [0.717, 1.165) is 5.82 Å². The van der Waals surface area contributed by atoms with Crippen LogP contribution in [0.1, 0.15) is 26.6 Å². The van der Waals surface area contributed by atoms with Crippen LogP contribution in [-0.4, -0.2) is 61.6 Å². The number of anilines is 1. The zero-order chi connectivity index (χ0) is 21.0. The van der Waals surface area contributed by atoms with Gasteiger partial charge in [0.1, 0.15) is 17.4 Å². The molecule has 8 nitrogen and oxygen atoms in total. The second-order valence-electron chi connectivity index (χ2n) is 7.07. The van der Waals surface area contributed by atoms with Gasteiger partial charge in [-0.2, -0.15) is 9.29 Å². The number of hydrogen-bond acceptors (Lipinski definition) is 7. The van der Waals surface area contributed by atoms with E-state index in [1.165, 1.54) is 4.31 Å². The monoisotopic (exact) mass is 420 g/mol. The fourth-order valence-electron chi connectivity index (χ4n) is 3.17. The molecule has 1 aliphatic heterocycles. The first kappa shape index (κ1) is 21.3. The van der Waals surface area contributed by atoms with Gasteiger partial charge in [0.25, 0.3) is 0 Å². The number of piperazine rings is 1. The maximum absolute atomic E-state index is 13.0. The Labute approximate surface area is 172 Å². The van der Waals surface area contributed by atoms with Gasteiger partial charge in [0.15, 0.2) is 0 Å². The maximum atomic E-state index is 13.0. The van der Waals surface area contributed by atoms with Gasteiger partial charge in [-0.05, 0) is 52.0 Å². The van der Waals surface area contributed by atoms with E-state index >= 15 is 0 Å². The number of hydrogen-bond donors (Lipinski definition) is 0. The molecule has 9 heteroatoms. The number of rotatable bonds is 7. The summed E-state index contributed by atoms with van der Waals surface area (Å²) in [5.41, 5.74) is 0. The third-order valence-corrected chi connectivity index (χ3v) is 6.41. The quantitative estimate of drug-likeness (QED) is 0.680. The molecule has 1 aromatic carbocycles. The normalized spacial score (nSPS) is 15.6. The van der Waals surface area contributed by atoms with Crippen molar-refractivity contribution in [2.45, 2.75) is 38.7 Å². The lowest BCUT2D eigenvalue weighted by molar-refractivity contribution is 0.231. The molecule has 1 aromatic heterocycles. The van der Waals surface area contributed by atoms with E-state index in [9.17, 15) is 8.42 Å². The predicted molar refractivity (Wildman–Crippen MR) is 111 cm³/mol. The van der Waals surface area contributed by atoms with Crippen molar-refractivity contribution in [3.05, 3.63) is 36.2 Å². The van der Waals surface area contributed by atoms with Gasteiger partial charge in [0, 0.05) is 32.2 Å². The standard InChI is InChI=1S/C20H28N4O4S/c1-5-27-17-6-8-18(9-7-17)29(25,26)24-12-10-23(11-13-24)19-14-20(28-15(2)3)22-16(4)21-19/h6-9,14-15H,5,10-13H2,1-4H3. The Balaban J connectivity index is 1.69. The molecule has 29 heavy (non-hydrogen) atoms. The summed E-state index contributed by atoms with van der Waals surface area (Å²) in [4.78, 5) is 11.1. The minimum atomic E-state index is -3.54. The molecule has 0 N–H and O–H groups in total. The minimum Gasteiger partial charge on any atom is -0.494 e. The van der Waals surface area contributed by atoms with Gasteiger partial charge in [-0.1, -0.05) is 0 Å². The summed E-state index contributed by atoms with van der Waals surface area (Å²) in [6.45, 7) is 10.0. The lowest BCUT2D eigenvalue weighted by Gasteiger charge is -2.34. The zero-order valence-corrected chi connectivity index (χ0v) is 18.1.